The lowest BCUT2D eigenvalue weighted by Gasteiger charge is -2.21. The minimum atomic E-state index is 0. The van der Waals surface area contributed by atoms with Crippen LogP contribution in [0.1, 0.15) is 33.6 Å². The van der Waals surface area contributed by atoms with Crippen molar-refractivity contribution in [3.05, 3.63) is 35.2 Å². The third kappa shape index (κ3) is 6.81. The summed E-state index contributed by atoms with van der Waals surface area (Å²) >= 11 is 6.04. The first-order chi connectivity index (χ1) is 14.0. The second-order valence-corrected chi connectivity index (χ2v) is 8.24. The van der Waals surface area contributed by atoms with Gasteiger partial charge in [-0.05, 0) is 38.8 Å². The van der Waals surface area contributed by atoms with Gasteiger partial charge in [-0.2, -0.15) is 4.98 Å². The smallest absolute Gasteiger partial charge is 0.228 e. The number of aliphatic imine (C=N–C) groups is 1. The zero-order chi connectivity index (χ0) is 20.8. The minimum absolute atomic E-state index is 0. The summed E-state index contributed by atoms with van der Waals surface area (Å²) < 4.78 is 5.37. The van der Waals surface area contributed by atoms with E-state index in [1.165, 1.54) is 0 Å². The van der Waals surface area contributed by atoms with Crippen LogP contribution in [0.3, 0.4) is 0 Å². The molecular weight excluding hydrogens is 515 g/mol. The summed E-state index contributed by atoms with van der Waals surface area (Å²) in [5.41, 5.74) is 0.843. The van der Waals surface area contributed by atoms with Crippen LogP contribution in [0, 0.1) is 5.92 Å². The Bertz CT molecular complexity index is 827. The van der Waals surface area contributed by atoms with Gasteiger partial charge in [-0.15, -0.1) is 24.0 Å². The Morgan fingerprint density at radius 2 is 2.17 bits per heavy atom. The summed E-state index contributed by atoms with van der Waals surface area (Å²) in [6.07, 6.45) is 0.586. The maximum Gasteiger partial charge on any atom is 0.228 e. The van der Waals surface area contributed by atoms with Gasteiger partial charge < -0.3 is 15.2 Å². The van der Waals surface area contributed by atoms with Crippen molar-refractivity contribution < 1.29 is 4.52 Å². The number of aromatic nitrogens is 2. The van der Waals surface area contributed by atoms with Crippen molar-refractivity contribution in [3.8, 4) is 11.4 Å². The fourth-order valence-corrected chi connectivity index (χ4v) is 3.66. The number of nitrogens with zero attached hydrogens (tertiary/aromatic N) is 4. The summed E-state index contributed by atoms with van der Waals surface area (Å²) in [4.78, 5) is 11.7. The molecule has 2 unspecified atom stereocenters. The first kappa shape index (κ1) is 24.9. The molecule has 1 aliphatic rings. The van der Waals surface area contributed by atoms with E-state index in [0.29, 0.717) is 47.7 Å². The van der Waals surface area contributed by atoms with Crippen LogP contribution >= 0.6 is 35.6 Å². The van der Waals surface area contributed by atoms with Gasteiger partial charge in [-0.3, -0.25) is 9.89 Å². The zero-order valence-corrected chi connectivity index (χ0v) is 21.1. The van der Waals surface area contributed by atoms with Gasteiger partial charge in [0.2, 0.25) is 11.7 Å². The molecule has 0 spiro atoms. The third-order valence-corrected chi connectivity index (χ3v) is 5.42. The molecule has 166 valence electrons. The molecule has 2 aromatic rings. The average molecular weight is 547 g/mol. The lowest BCUT2D eigenvalue weighted by molar-refractivity contribution is 0.265. The Hall–Kier alpha value is -1.39. The van der Waals surface area contributed by atoms with E-state index in [-0.39, 0.29) is 24.0 Å². The first-order valence-electron chi connectivity index (χ1n) is 10.3. The van der Waals surface area contributed by atoms with E-state index < -0.39 is 0 Å². The molecule has 1 aromatic heterocycles. The lowest BCUT2D eigenvalue weighted by Crippen LogP contribution is -2.47. The Balaban J connectivity index is 0.00000320. The molecule has 2 atom stereocenters. The summed E-state index contributed by atoms with van der Waals surface area (Å²) in [6, 6.07) is 8.39. The zero-order valence-electron chi connectivity index (χ0n) is 18.1. The second kappa shape index (κ2) is 11.9. The van der Waals surface area contributed by atoms with E-state index in [1.807, 2.05) is 24.3 Å². The fraction of sp³-hybridized carbons (Fsp3) is 0.571. The van der Waals surface area contributed by atoms with Crippen LogP contribution in [-0.4, -0.2) is 59.3 Å². The van der Waals surface area contributed by atoms with Gasteiger partial charge in [-0.1, -0.05) is 35.8 Å². The van der Waals surface area contributed by atoms with E-state index >= 15 is 0 Å². The first-order valence-corrected chi connectivity index (χ1v) is 10.7. The number of hydrogen-bond acceptors (Lipinski definition) is 5. The second-order valence-electron chi connectivity index (χ2n) is 7.81. The van der Waals surface area contributed by atoms with Crippen molar-refractivity contribution in [2.75, 3.05) is 26.2 Å². The number of likely N-dealkylation sites (tertiary alicyclic amines) is 1. The molecular formula is C21H32ClIN6O. The number of hydrogen-bond donors (Lipinski definition) is 2. The molecule has 7 nitrogen and oxygen atoms in total. The van der Waals surface area contributed by atoms with Crippen molar-refractivity contribution in [2.45, 2.75) is 46.2 Å². The van der Waals surface area contributed by atoms with Gasteiger partial charge >= 0.3 is 0 Å². The maximum absolute atomic E-state index is 6.04. The van der Waals surface area contributed by atoms with Crippen LogP contribution in [0.15, 0.2) is 33.8 Å². The Kier molecular flexibility index (Phi) is 9.83. The lowest BCUT2D eigenvalue weighted by atomic mass is 10.1. The highest BCUT2D eigenvalue weighted by Gasteiger charge is 2.31. The van der Waals surface area contributed by atoms with Crippen molar-refractivity contribution in [1.82, 2.24) is 25.7 Å². The molecule has 2 N–H and O–H groups in total. The molecule has 0 saturated carbocycles. The molecule has 1 aliphatic heterocycles. The standard InChI is InChI=1S/C21H31ClN6O.HI/c1-5-23-21(25-18-13-28(14(2)3)12-15(18)4)24-10-9-19-26-20(27-29-19)16-7-6-8-17(22)11-16;/h6-8,11,14-15,18H,5,9-10,12-13H2,1-4H3,(H2,23,24,25);1H. The molecule has 1 saturated heterocycles. The number of guanidine groups is 1. The van der Waals surface area contributed by atoms with Crippen LogP contribution in [0.2, 0.25) is 5.02 Å². The Labute approximate surface area is 201 Å². The molecule has 0 radical (unpaired) electrons. The summed E-state index contributed by atoms with van der Waals surface area (Å²) in [5.74, 6) is 2.53. The normalized spacial score (nSPS) is 19.7. The molecule has 1 fully saturated rings. The maximum atomic E-state index is 6.04. The molecule has 30 heavy (non-hydrogen) atoms. The SMILES string of the molecule is CCNC(=NCCc1nc(-c2cccc(Cl)c2)no1)NC1CN(C(C)C)CC1C.I. The number of nitrogens with one attached hydrogen (secondary N) is 2. The van der Waals surface area contributed by atoms with Crippen LogP contribution in [0.5, 0.6) is 0 Å². The topological polar surface area (TPSA) is 78.6 Å². The summed E-state index contributed by atoms with van der Waals surface area (Å²) in [7, 11) is 0. The predicted octanol–water partition coefficient (Wildman–Crippen LogP) is 3.83. The summed E-state index contributed by atoms with van der Waals surface area (Å²) in [5, 5.41) is 11.6. The highest BCUT2D eigenvalue weighted by molar-refractivity contribution is 14.0. The predicted molar refractivity (Wildman–Crippen MR) is 133 cm³/mol. The number of benzene rings is 1. The van der Waals surface area contributed by atoms with Gasteiger partial charge in [0.15, 0.2) is 5.96 Å². The van der Waals surface area contributed by atoms with Gasteiger partial charge in [0.05, 0.1) is 6.54 Å². The van der Waals surface area contributed by atoms with E-state index in [4.69, 9.17) is 21.1 Å². The van der Waals surface area contributed by atoms with Crippen molar-refractivity contribution in [3.63, 3.8) is 0 Å². The Morgan fingerprint density at radius 1 is 1.37 bits per heavy atom. The molecule has 9 heteroatoms. The quantitative estimate of drug-likeness (QED) is 0.312. The van der Waals surface area contributed by atoms with Crippen molar-refractivity contribution in [2.24, 2.45) is 10.9 Å². The number of halogens is 2. The monoisotopic (exact) mass is 546 g/mol. The van der Waals surface area contributed by atoms with Crippen LogP contribution in [0.4, 0.5) is 0 Å². The largest absolute Gasteiger partial charge is 0.357 e. The number of rotatable bonds is 7. The Morgan fingerprint density at radius 3 is 2.83 bits per heavy atom. The molecule has 2 heterocycles. The van der Waals surface area contributed by atoms with Crippen LogP contribution < -0.4 is 10.6 Å². The van der Waals surface area contributed by atoms with E-state index in [0.717, 1.165) is 31.2 Å². The highest BCUT2D eigenvalue weighted by Crippen LogP contribution is 2.20. The van der Waals surface area contributed by atoms with E-state index in [2.05, 4.69) is 53.4 Å². The van der Waals surface area contributed by atoms with Gasteiger partial charge in [0, 0.05) is 48.7 Å². The van der Waals surface area contributed by atoms with E-state index in [9.17, 15) is 0 Å². The highest BCUT2D eigenvalue weighted by atomic mass is 127. The summed E-state index contributed by atoms with van der Waals surface area (Å²) in [6.45, 7) is 12.4. The van der Waals surface area contributed by atoms with Gasteiger partial charge in [-0.25, -0.2) is 0 Å². The third-order valence-electron chi connectivity index (χ3n) is 5.18. The molecule has 0 aliphatic carbocycles. The molecule has 0 bridgehead atoms. The van der Waals surface area contributed by atoms with Crippen molar-refractivity contribution in [1.29, 1.82) is 0 Å². The molecule has 1 aromatic carbocycles. The van der Waals surface area contributed by atoms with Crippen LogP contribution in [-0.2, 0) is 6.42 Å². The molecule has 0 amide bonds. The molecule has 3 rings (SSSR count). The van der Waals surface area contributed by atoms with Crippen molar-refractivity contribution >= 4 is 41.5 Å². The van der Waals surface area contributed by atoms with Crippen LogP contribution in [0.25, 0.3) is 11.4 Å². The minimum Gasteiger partial charge on any atom is -0.357 e. The average Bonchev–Trinajstić information content (AvgIpc) is 3.29. The van der Waals surface area contributed by atoms with Gasteiger partial charge in [0.25, 0.3) is 0 Å². The fourth-order valence-electron chi connectivity index (χ4n) is 3.47. The van der Waals surface area contributed by atoms with Gasteiger partial charge in [0.1, 0.15) is 0 Å². The van der Waals surface area contributed by atoms with E-state index in [1.54, 1.807) is 0 Å².